The van der Waals surface area contributed by atoms with Crippen molar-refractivity contribution < 1.29 is 0 Å². The first-order valence-corrected chi connectivity index (χ1v) is 4.04. The molecule has 0 saturated carbocycles. The molecule has 0 bridgehead atoms. The summed E-state index contributed by atoms with van der Waals surface area (Å²) in [6.45, 7) is 1.16. The van der Waals surface area contributed by atoms with Crippen molar-refractivity contribution in [1.29, 1.82) is 0 Å². The van der Waals surface area contributed by atoms with Gasteiger partial charge in [-0.3, -0.25) is 4.79 Å². The highest BCUT2D eigenvalue weighted by atomic mass is 16.1. The van der Waals surface area contributed by atoms with E-state index in [1.165, 1.54) is 4.57 Å². The first-order valence-electron chi connectivity index (χ1n) is 4.04. The van der Waals surface area contributed by atoms with Gasteiger partial charge in [-0.05, 0) is 11.6 Å². The Morgan fingerprint density at radius 2 is 2.46 bits per heavy atom. The van der Waals surface area contributed by atoms with Gasteiger partial charge in [0.15, 0.2) is 0 Å². The summed E-state index contributed by atoms with van der Waals surface area (Å²) in [6, 6.07) is 3.49. The zero-order valence-electron chi connectivity index (χ0n) is 7.58. The molecule has 0 saturated heterocycles. The summed E-state index contributed by atoms with van der Waals surface area (Å²) in [4.78, 5) is 11.2. The van der Waals surface area contributed by atoms with Gasteiger partial charge < -0.3 is 9.88 Å². The van der Waals surface area contributed by atoms with E-state index in [2.05, 4.69) is 11.2 Å². The Hall–Kier alpha value is -1.53. The number of aryl methyl sites for hydroxylation is 1. The summed E-state index contributed by atoms with van der Waals surface area (Å²) >= 11 is 0. The van der Waals surface area contributed by atoms with Crippen molar-refractivity contribution in [3.63, 3.8) is 0 Å². The summed E-state index contributed by atoms with van der Waals surface area (Å²) in [6.07, 6.45) is 6.81. The number of terminal acetylenes is 1. The smallest absolute Gasteiger partial charge is 0.250 e. The van der Waals surface area contributed by atoms with E-state index >= 15 is 0 Å². The minimum Gasteiger partial charge on any atom is -0.319 e. The van der Waals surface area contributed by atoms with Gasteiger partial charge in [0.05, 0.1) is 6.54 Å². The average molecular weight is 176 g/mol. The van der Waals surface area contributed by atoms with Gasteiger partial charge in [0.1, 0.15) is 0 Å². The Morgan fingerprint density at radius 1 is 1.69 bits per heavy atom. The predicted molar refractivity (Wildman–Crippen MR) is 52.2 cm³/mol. The molecule has 68 valence electrons. The van der Waals surface area contributed by atoms with E-state index < -0.39 is 0 Å². The van der Waals surface area contributed by atoms with Crippen LogP contribution in [0.25, 0.3) is 0 Å². The maximum atomic E-state index is 11.2. The molecule has 1 aromatic heterocycles. The van der Waals surface area contributed by atoms with Crippen molar-refractivity contribution in [2.24, 2.45) is 7.05 Å². The number of hydrogen-bond donors (Lipinski definition) is 1. The SMILES string of the molecule is C#CCNCc1ccn(C)c(=O)c1. The lowest BCUT2D eigenvalue weighted by molar-refractivity contribution is 0.758. The molecular weight excluding hydrogens is 164 g/mol. The highest BCUT2D eigenvalue weighted by molar-refractivity contribution is 5.10. The van der Waals surface area contributed by atoms with E-state index in [0.717, 1.165) is 5.56 Å². The summed E-state index contributed by atoms with van der Waals surface area (Å²) in [7, 11) is 1.72. The van der Waals surface area contributed by atoms with Crippen LogP contribution in [0.15, 0.2) is 23.1 Å². The van der Waals surface area contributed by atoms with Crippen LogP contribution in [0.3, 0.4) is 0 Å². The third-order valence-corrected chi connectivity index (χ3v) is 1.72. The second kappa shape index (κ2) is 4.48. The molecule has 0 amide bonds. The molecule has 3 heteroatoms. The van der Waals surface area contributed by atoms with Gasteiger partial charge in [-0.25, -0.2) is 0 Å². The zero-order chi connectivity index (χ0) is 9.68. The van der Waals surface area contributed by atoms with Gasteiger partial charge in [0.25, 0.3) is 5.56 Å². The zero-order valence-corrected chi connectivity index (χ0v) is 7.58. The molecule has 0 aromatic carbocycles. The van der Waals surface area contributed by atoms with Crippen LogP contribution in [-0.4, -0.2) is 11.1 Å². The molecule has 1 heterocycles. The fraction of sp³-hybridized carbons (Fsp3) is 0.300. The van der Waals surface area contributed by atoms with Crippen molar-refractivity contribution in [2.45, 2.75) is 6.54 Å². The van der Waals surface area contributed by atoms with Crippen LogP contribution >= 0.6 is 0 Å². The molecule has 0 radical (unpaired) electrons. The summed E-state index contributed by atoms with van der Waals surface area (Å²) < 4.78 is 1.53. The second-order valence-electron chi connectivity index (χ2n) is 2.79. The summed E-state index contributed by atoms with van der Waals surface area (Å²) in [5.41, 5.74) is 0.957. The van der Waals surface area contributed by atoms with Gasteiger partial charge in [0.2, 0.25) is 0 Å². The minimum atomic E-state index is 0.00000709. The normalized spacial score (nSPS) is 9.54. The van der Waals surface area contributed by atoms with E-state index in [-0.39, 0.29) is 5.56 Å². The van der Waals surface area contributed by atoms with Gasteiger partial charge in [0, 0.05) is 25.9 Å². The monoisotopic (exact) mass is 176 g/mol. The molecule has 1 N–H and O–H groups in total. The highest BCUT2D eigenvalue weighted by Crippen LogP contribution is 1.92. The lowest BCUT2D eigenvalue weighted by Gasteiger charge is -2.01. The first kappa shape index (κ1) is 9.56. The van der Waals surface area contributed by atoms with E-state index in [0.29, 0.717) is 13.1 Å². The Bertz CT molecular complexity index is 373. The summed E-state index contributed by atoms with van der Waals surface area (Å²) in [5.74, 6) is 2.47. The van der Waals surface area contributed by atoms with E-state index in [1.807, 2.05) is 6.07 Å². The molecule has 0 atom stereocenters. The molecule has 3 nitrogen and oxygen atoms in total. The molecule has 13 heavy (non-hydrogen) atoms. The standard InChI is InChI=1S/C10H12N2O/c1-3-5-11-8-9-4-6-12(2)10(13)7-9/h1,4,6-7,11H,5,8H2,2H3. The van der Waals surface area contributed by atoms with Crippen molar-refractivity contribution in [3.8, 4) is 12.3 Å². The largest absolute Gasteiger partial charge is 0.319 e. The number of nitrogens with zero attached hydrogens (tertiary/aromatic N) is 1. The van der Waals surface area contributed by atoms with Crippen LogP contribution in [0.5, 0.6) is 0 Å². The lowest BCUT2D eigenvalue weighted by atomic mass is 10.2. The van der Waals surface area contributed by atoms with Gasteiger partial charge in [-0.1, -0.05) is 5.92 Å². The van der Waals surface area contributed by atoms with Crippen molar-refractivity contribution in [3.05, 3.63) is 34.2 Å². The quantitative estimate of drug-likeness (QED) is 0.524. The fourth-order valence-electron chi connectivity index (χ4n) is 0.978. The van der Waals surface area contributed by atoms with Crippen molar-refractivity contribution >= 4 is 0 Å². The predicted octanol–water partition coefficient (Wildman–Crippen LogP) is 0.108. The maximum Gasteiger partial charge on any atom is 0.250 e. The van der Waals surface area contributed by atoms with E-state index in [9.17, 15) is 4.79 Å². The molecule has 0 aliphatic heterocycles. The summed E-state index contributed by atoms with van der Waals surface area (Å²) in [5, 5.41) is 3.01. The van der Waals surface area contributed by atoms with E-state index in [4.69, 9.17) is 6.42 Å². The van der Waals surface area contributed by atoms with Gasteiger partial charge >= 0.3 is 0 Å². The topological polar surface area (TPSA) is 34.0 Å². The average Bonchev–Trinajstić information content (AvgIpc) is 2.12. The maximum absolute atomic E-state index is 11.2. The van der Waals surface area contributed by atoms with Crippen LogP contribution < -0.4 is 10.9 Å². The second-order valence-corrected chi connectivity index (χ2v) is 2.79. The van der Waals surface area contributed by atoms with Crippen molar-refractivity contribution in [2.75, 3.05) is 6.54 Å². The molecule has 0 aliphatic rings. The Balaban J connectivity index is 2.65. The fourth-order valence-corrected chi connectivity index (χ4v) is 0.978. The highest BCUT2D eigenvalue weighted by Gasteiger charge is 1.93. The Labute approximate surface area is 77.4 Å². The molecule has 0 aliphatic carbocycles. The Kier molecular flexibility index (Phi) is 3.30. The van der Waals surface area contributed by atoms with Crippen LogP contribution in [0.2, 0.25) is 0 Å². The Morgan fingerprint density at radius 3 is 3.08 bits per heavy atom. The molecule has 0 unspecified atom stereocenters. The molecule has 1 aromatic rings. The van der Waals surface area contributed by atoms with Crippen LogP contribution in [-0.2, 0) is 13.6 Å². The van der Waals surface area contributed by atoms with E-state index in [1.54, 1.807) is 19.3 Å². The third-order valence-electron chi connectivity index (χ3n) is 1.72. The number of pyridine rings is 1. The number of rotatable bonds is 3. The minimum absolute atomic E-state index is 0.00000709. The number of nitrogens with one attached hydrogen (secondary N) is 1. The third kappa shape index (κ3) is 2.77. The molecular formula is C10H12N2O. The molecule has 0 spiro atoms. The van der Waals surface area contributed by atoms with Gasteiger partial charge in [-0.15, -0.1) is 6.42 Å². The van der Waals surface area contributed by atoms with Crippen molar-refractivity contribution in [1.82, 2.24) is 9.88 Å². The number of hydrogen-bond acceptors (Lipinski definition) is 2. The number of aromatic nitrogens is 1. The lowest BCUT2D eigenvalue weighted by Crippen LogP contribution is -2.19. The van der Waals surface area contributed by atoms with Gasteiger partial charge in [-0.2, -0.15) is 0 Å². The van der Waals surface area contributed by atoms with Crippen LogP contribution in [0, 0.1) is 12.3 Å². The van der Waals surface area contributed by atoms with Crippen LogP contribution in [0.1, 0.15) is 5.56 Å². The molecule has 1 rings (SSSR count). The molecule has 0 fully saturated rings. The van der Waals surface area contributed by atoms with Crippen LogP contribution in [0.4, 0.5) is 0 Å². The first-order chi connectivity index (χ1) is 6.24.